The minimum atomic E-state index is -0.341. The Morgan fingerprint density at radius 3 is 2.65 bits per heavy atom. The highest BCUT2D eigenvalue weighted by Crippen LogP contribution is 2.33. The van der Waals surface area contributed by atoms with E-state index in [0.717, 1.165) is 37.4 Å². The van der Waals surface area contributed by atoms with Crippen molar-refractivity contribution in [1.29, 1.82) is 0 Å². The number of fused-ring (bicyclic) bond motifs is 1. The maximum absolute atomic E-state index is 12.9. The Bertz CT molecular complexity index is 934. The zero-order valence-corrected chi connectivity index (χ0v) is 18.2. The second kappa shape index (κ2) is 9.51. The van der Waals surface area contributed by atoms with E-state index in [9.17, 15) is 9.59 Å². The molecule has 8 heteroatoms. The first-order valence-electron chi connectivity index (χ1n) is 10.9. The Kier molecular flexibility index (Phi) is 6.56. The molecule has 4 rings (SSSR count). The Labute approximate surface area is 182 Å². The van der Waals surface area contributed by atoms with Gasteiger partial charge in [-0.2, -0.15) is 5.10 Å². The van der Waals surface area contributed by atoms with E-state index in [0.29, 0.717) is 18.2 Å². The smallest absolute Gasteiger partial charge is 0.307 e. The number of esters is 1. The van der Waals surface area contributed by atoms with Gasteiger partial charge in [-0.05, 0) is 36.5 Å². The zero-order chi connectivity index (χ0) is 21.8. The Morgan fingerprint density at radius 1 is 1.19 bits per heavy atom. The summed E-state index contributed by atoms with van der Waals surface area (Å²) in [5.74, 6) is 0.960. The third-order valence-corrected chi connectivity index (χ3v) is 5.96. The number of methoxy groups -OCH3 is 2. The number of nitrogens with one attached hydrogen (secondary N) is 1. The number of hydrogen-bond acceptors (Lipinski definition) is 6. The van der Waals surface area contributed by atoms with Crippen LogP contribution in [0.1, 0.15) is 46.6 Å². The molecule has 1 amide bonds. The van der Waals surface area contributed by atoms with Gasteiger partial charge in [-0.1, -0.05) is 12.1 Å². The van der Waals surface area contributed by atoms with E-state index in [1.807, 2.05) is 16.8 Å². The van der Waals surface area contributed by atoms with E-state index in [-0.39, 0.29) is 24.8 Å². The Hall–Kier alpha value is -2.87. The molecule has 1 fully saturated rings. The highest BCUT2D eigenvalue weighted by molar-refractivity contribution is 5.94. The van der Waals surface area contributed by atoms with Crippen molar-refractivity contribution in [2.24, 2.45) is 5.92 Å². The van der Waals surface area contributed by atoms with Crippen LogP contribution < -0.4 is 10.1 Å². The second-order valence-electron chi connectivity index (χ2n) is 8.29. The predicted octanol–water partition coefficient (Wildman–Crippen LogP) is 2.15. The van der Waals surface area contributed by atoms with Crippen molar-refractivity contribution in [3.63, 3.8) is 0 Å². The summed E-state index contributed by atoms with van der Waals surface area (Å²) < 4.78 is 11.9. The summed E-state index contributed by atoms with van der Waals surface area (Å²) in [6.07, 6.45) is 3.50. The topological polar surface area (TPSA) is 85.7 Å². The van der Waals surface area contributed by atoms with Crippen LogP contribution in [0.15, 0.2) is 24.3 Å². The quantitative estimate of drug-likeness (QED) is 0.619. The van der Waals surface area contributed by atoms with Crippen LogP contribution in [0.2, 0.25) is 0 Å². The highest BCUT2D eigenvalue weighted by Gasteiger charge is 2.31. The second-order valence-corrected chi connectivity index (χ2v) is 8.29. The molecule has 1 aliphatic heterocycles. The molecular weight excluding hydrogens is 396 g/mol. The van der Waals surface area contributed by atoms with Crippen molar-refractivity contribution in [3.8, 4) is 5.75 Å². The van der Waals surface area contributed by atoms with Gasteiger partial charge in [0.25, 0.3) is 5.91 Å². The van der Waals surface area contributed by atoms with Crippen molar-refractivity contribution in [3.05, 3.63) is 46.8 Å². The molecule has 2 heterocycles. The lowest BCUT2D eigenvalue weighted by molar-refractivity contribution is -0.140. The van der Waals surface area contributed by atoms with Crippen LogP contribution in [0, 0.1) is 5.92 Å². The summed E-state index contributed by atoms with van der Waals surface area (Å²) in [6.45, 7) is 3.55. The zero-order valence-electron chi connectivity index (χ0n) is 18.2. The molecule has 1 saturated carbocycles. The van der Waals surface area contributed by atoms with Crippen LogP contribution >= 0.6 is 0 Å². The van der Waals surface area contributed by atoms with E-state index in [1.165, 1.54) is 31.2 Å². The SMILES string of the molecule is COC(=O)CCNC(=O)c1nn(CC2CC2)c2c1CN(Cc1ccc(OC)cc1)CC2. The molecule has 166 valence electrons. The first-order valence-corrected chi connectivity index (χ1v) is 10.9. The van der Waals surface area contributed by atoms with Gasteiger partial charge in [-0.25, -0.2) is 0 Å². The molecule has 0 atom stereocenters. The third-order valence-electron chi connectivity index (χ3n) is 5.96. The van der Waals surface area contributed by atoms with Crippen molar-refractivity contribution < 1.29 is 19.1 Å². The summed E-state index contributed by atoms with van der Waals surface area (Å²) in [5, 5.41) is 7.53. The molecule has 2 aromatic rings. The van der Waals surface area contributed by atoms with Gasteiger partial charge in [0.2, 0.25) is 0 Å². The van der Waals surface area contributed by atoms with Gasteiger partial charge in [0.05, 0.1) is 20.6 Å². The molecule has 1 N–H and O–H groups in total. The Balaban J connectivity index is 1.48. The minimum absolute atomic E-state index is 0.150. The molecule has 0 unspecified atom stereocenters. The van der Waals surface area contributed by atoms with Gasteiger partial charge in [0.1, 0.15) is 5.75 Å². The lowest BCUT2D eigenvalue weighted by Crippen LogP contribution is -2.33. The summed E-state index contributed by atoms with van der Waals surface area (Å²) in [7, 11) is 3.01. The van der Waals surface area contributed by atoms with Crippen LogP contribution in [0.5, 0.6) is 5.75 Å². The normalized spacial score (nSPS) is 15.9. The maximum Gasteiger partial charge on any atom is 0.307 e. The summed E-state index contributed by atoms with van der Waals surface area (Å²) in [6, 6.07) is 8.09. The fraction of sp³-hybridized carbons (Fsp3) is 0.522. The number of rotatable bonds is 9. The highest BCUT2D eigenvalue weighted by atomic mass is 16.5. The lowest BCUT2D eigenvalue weighted by atomic mass is 10.0. The van der Waals surface area contributed by atoms with Crippen molar-refractivity contribution >= 4 is 11.9 Å². The number of ether oxygens (including phenoxy) is 2. The number of carbonyl (C=O) groups excluding carboxylic acids is 2. The number of amides is 1. The monoisotopic (exact) mass is 426 g/mol. The molecule has 1 aliphatic carbocycles. The van der Waals surface area contributed by atoms with E-state index in [1.54, 1.807) is 7.11 Å². The van der Waals surface area contributed by atoms with Crippen LogP contribution in [-0.2, 0) is 35.6 Å². The largest absolute Gasteiger partial charge is 0.497 e. The molecule has 0 spiro atoms. The van der Waals surface area contributed by atoms with Gasteiger partial charge in [0, 0.05) is 50.4 Å². The fourth-order valence-corrected chi connectivity index (χ4v) is 4.01. The standard InChI is InChI=1S/C23H30N4O4/c1-30-18-7-5-16(6-8-18)13-26-12-10-20-19(15-26)22(25-27(20)14-17-3-4-17)23(29)24-11-9-21(28)31-2/h5-8,17H,3-4,9-15H2,1-2H3,(H,24,29). The minimum Gasteiger partial charge on any atom is -0.497 e. The van der Waals surface area contributed by atoms with Gasteiger partial charge < -0.3 is 14.8 Å². The van der Waals surface area contributed by atoms with Crippen molar-refractivity contribution in [2.75, 3.05) is 27.3 Å². The summed E-state index contributed by atoms with van der Waals surface area (Å²) in [4.78, 5) is 26.6. The maximum atomic E-state index is 12.9. The molecule has 0 saturated heterocycles. The van der Waals surface area contributed by atoms with Crippen LogP contribution in [0.4, 0.5) is 0 Å². The first kappa shape index (κ1) is 21.4. The lowest BCUT2D eigenvalue weighted by Gasteiger charge is -2.28. The molecule has 0 radical (unpaired) electrons. The van der Waals surface area contributed by atoms with Crippen LogP contribution in [0.25, 0.3) is 0 Å². The molecule has 31 heavy (non-hydrogen) atoms. The number of benzene rings is 1. The Morgan fingerprint density at radius 2 is 1.97 bits per heavy atom. The van der Waals surface area contributed by atoms with Gasteiger partial charge in [-0.3, -0.25) is 19.2 Å². The van der Waals surface area contributed by atoms with Crippen LogP contribution in [0.3, 0.4) is 0 Å². The van der Waals surface area contributed by atoms with Crippen molar-refractivity contribution in [2.45, 2.75) is 45.3 Å². The predicted molar refractivity (Wildman–Crippen MR) is 115 cm³/mol. The average molecular weight is 427 g/mol. The molecule has 1 aromatic carbocycles. The third kappa shape index (κ3) is 5.25. The van der Waals surface area contributed by atoms with Crippen LogP contribution in [-0.4, -0.2) is 53.9 Å². The molecule has 8 nitrogen and oxygen atoms in total. The molecular formula is C23H30N4O4. The van der Waals surface area contributed by atoms with Gasteiger partial charge in [-0.15, -0.1) is 0 Å². The first-order chi connectivity index (χ1) is 15.1. The van der Waals surface area contributed by atoms with E-state index in [4.69, 9.17) is 9.84 Å². The number of aromatic nitrogens is 2. The molecule has 2 aliphatic rings. The summed E-state index contributed by atoms with van der Waals surface area (Å²) in [5.41, 5.74) is 3.88. The number of hydrogen-bond donors (Lipinski definition) is 1. The van der Waals surface area contributed by atoms with Gasteiger partial charge in [0.15, 0.2) is 5.69 Å². The summed E-state index contributed by atoms with van der Waals surface area (Å²) >= 11 is 0. The number of nitrogens with zero attached hydrogens (tertiary/aromatic N) is 3. The van der Waals surface area contributed by atoms with E-state index >= 15 is 0 Å². The molecule has 1 aromatic heterocycles. The average Bonchev–Trinajstić information content (AvgIpc) is 3.54. The fourth-order valence-electron chi connectivity index (χ4n) is 4.01. The van der Waals surface area contributed by atoms with Gasteiger partial charge >= 0.3 is 5.97 Å². The van der Waals surface area contributed by atoms with E-state index < -0.39 is 0 Å². The molecule has 0 bridgehead atoms. The van der Waals surface area contributed by atoms with E-state index in [2.05, 4.69) is 27.1 Å². The van der Waals surface area contributed by atoms with Crippen molar-refractivity contribution in [1.82, 2.24) is 20.0 Å². The number of carbonyl (C=O) groups is 2.